The van der Waals surface area contributed by atoms with Crippen LogP contribution in [0.1, 0.15) is 75.4 Å². The molecule has 2 unspecified atom stereocenters. The van der Waals surface area contributed by atoms with Crippen LogP contribution in [-0.4, -0.2) is 62.5 Å². The molecule has 4 aliphatic heterocycles. The maximum atomic E-state index is 12.7. The van der Waals surface area contributed by atoms with E-state index in [1.54, 1.807) is 11.8 Å². The van der Waals surface area contributed by atoms with E-state index in [2.05, 4.69) is 40.5 Å². The van der Waals surface area contributed by atoms with Crippen LogP contribution in [0, 0.1) is 24.7 Å². The Morgan fingerprint density at radius 3 is 2.33 bits per heavy atom. The van der Waals surface area contributed by atoms with E-state index in [9.17, 15) is 29.4 Å². The predicted octanol–water partition coefficient (Wildman–Crippen LogP) is 4.40. The second kappa shape index (κ2) is 13.5. The maximum Gasteiger partial charge on any atom is 0.303 e. The molecule has 10 nitrogen and oxygen atoms in total. The molecule has 1 aromatic rings. The fraction of sp³-hybridized carbons (Fsp3) is 0.515. The summed E-state index contributed by atoms with van der Waals surface area (Å²) in [6.45, 7) is 7.96. The van der Waals surface area contributed by atoms with Crippen LogP contribution in [0.15, 0.2) is 33.0 Å². The number of carbonyl (C=O) groups is 4. The Bertz CT molecular complexity index is 1550. The summed E-state index contributed by atoms with van der Waals surface area (Å²) in [5.74, 6) is -0.321. The van der Waals surface area contributed by atoms with Crippen molar-refractivity contribution in [2.45, 2.75) is 78.3 Å². The van der Waals surface area contributed by atoms with Crippen molar-refractivity contribution >= 4 is 60.3 Å². The minimum atomic E-state index is -0.900. The molecule has 12 heteroatoms. The van der Waals surface area contributed by atoms with Crippen LogP contribution in [0.5, 0.6) is 0 Å². The number of aromatic amines is 1. The van der Waals surface area contributed by atoms with Crippen LogP contribution < -0.4 is 16.0 Å². The number of H-pyrrole nitrogens is 1. The summed E-state index contributed by atoms with van der Waals surface area (Å²) in [6.07, 6.45) is 5.88. The quantitative estimate of drug-likeness (QED) is 0.0992. The number of amides is 2. The van der Waals surface area contributed by atoms with Gasteiger partial charge < -0.3 is 31.1 Å². The van der Waals surface area contributed by atoms with Gasteiger partial charge in [-0.15, -0.1) is 11.8 Å². The summed E-state index contributed by atoms with van der Waals surface area (Å²) in [7, 11) is 0. The lowest BCUT2D eigenvalue weighted by molar-refractivity contribution is -0.138. The number of carboxylic acids is 2. The molecule has 0 bridgehead atoms. The molecule has 0 aliphatic carbocycles. The van der Waals surface area contributed by atoms with Crippen LogP contribution in [0.25, 0.3) is 12.2 Å². The number of hydrogen-bond acceptors (Lipinski definition) is 7. The van der Waals surface area contributed by atoms with Gasteiger partial charge in [0.25, 0.3) is 0 Å². The zero-order valence-corrected chi connectivity index (χ0v) is 27.8. The number of aromatic nitrogens is 1. The molecule has 0 saturated carbocycles. The molecule has 0 aromatic carbocycles. The summed E-state index contributed by atoms with van der Waals surface area (Å²) in [5.41, 5.74) is 7.75. The fourth-order valence-corrected chi connectivity index (χ4v) is 7.83. The van der Waals surface area contributed by atoms with Gasteiger partial charge in [-0.3, -0.25) is 19.2 Å². The molecule has 45 heavy (non-hydrogen) atoms. The first-order valence-corrected chi connectivity index (χ1v) is 17.1. The highest BCUT2D eigenvalue weighted by Crippen LogP contribution is 2.44. The third kappa shape index (κ3) is 7.06. The molecule has 5 heterocycles. The SMILES string of the molecule is CC1=C(CCC(=O)O)/C(=C/c2[nH]c(/C=C3\NC(=O)[C@H](C)[C@H]3CCS)c(C)c2CCC(=O)O)NC1C[C@H]1NC(=O)/C(=C2\CS2)C1C. The zero-order chi connectivity index (χ0) is 32.6. The lowest BCUT2D eigenvalue weighted by atomic mass is 9.90. The summed E-state index contributed by atoms with van der Waals surface area (Å²) < 4.78 is 0. The van der Waals surface area contributed by atoms with Gasteiger partial charge in [-0.25, -0.2) is 0 Å². The van der Waals surface area contributed by atoms with Crippen molar-refractivity contribution in [3.05, 3.63) is 55.5 Å². The summed E-state index contributed by atoms with van der Waals surface area (Å²) in [5, 5.41) is 28.8. The Kier molecular flexibility index (Phi) is 9.93. The number of thioether (sulfide) groups is 1. The van der Waals surface area contributed by atoms with E-state index in [1.807, 2.05) is 32.9 Å². The lowest BCUT2D eigenvalue weighted by Crippen LogP contribution is -2.36. The number of thiol groups is 1. The van der Waals surface area contributed by atoms with Crippen LogP contribution >= 0.6 is 24.4 Å². The van der Waals surface area contributed by atoms with E-state index < -0.39 is 11.9 Å². The van der Waals surface area contributed by atoms with E-state index in [0.29, 0.717) is 25.0 Å². The van der Waals surface area contributed by atoms with Gasteiger partial charge in [-0.1, -0.05) is 13.8 Å². The second-order valence-corrected chi connectivity index (χ2v) is 14.0. The van der Waals surface area contributed by atoms with E-state index in [1.165, 1.54) is 4.91 Å². The van der Waals surface area contributed by atoms with Crippen LogP contribution in [-0.2, 0) is 25.6 Å². The molecule has 0 spiro atoms. The average Bonchev–Trinajstić information content (AvgIpc) is 3.56. The molecule has 1 aromatic heterocycles. The molecule has 3 saturated heterocycles. The van der Waals surface area contributed by atoms with Crippen molar-refractivity contribution in [3.8, 4) is 0 Å². The molecular weight excluding hydrogens is 613 g/mol. The predicted molar refractivity (Wildman–Crippen MR) is 178 cm³/mol. The number of hydrogen-bond donors (Lipinski definition) is 7. The number of carboxylic acid groups (broad SMARTS) is 2. The summed E-state index contributed by atoms with van der Waals surface area (Å²) in [4.78, 5) is 53.0. The molecule has 0 radical (unpaired) electrons. The Labute approximate surface area is 273 Å². The number of rotatable bonds is 12. The number of nitrogens with one attached hydrogen (secondary N) is 4. The number of allylic oxidation sites excluding steroid dienone is 2. The van der Waals surface area contributed by atoms with E-state index in [4.69, 9.17) is 0 Å². The van der Waals surface area contributed by atoms with Gasteiger partial charge in [0.2, 0.25) is 11.8 Å². The van der Waals surface area contributed by atoms with E-state index >= 15 is 0 Å². The van der Waals surface area contributed by atoms with Crippen molar-refractivity contribution in [2.75, 3.05) is 11.5 Å². The van der Waals surface area contributed by atoms with E-state index in [-0.39, 0.29) is 54.5 Å². The number of carbonyl (C=O) groups excluding carboxylic acids is 2. The summed E-state index contributed by atoms with van der Waals surface area (Å²) in [6, 6.07) is -0.138. The molecule has 6 N–H and O–H groups in total. The minimum absolute atomic E-state index is 0.00466. The Morgan fingerprint density at radius 1 is 1.00 bits per heavy atom. The normalized spacial score (nSPS) is 29.5. The topological polar surface area (TPSA) is 161 Å². The molecule has 4 aliphatic rings. The maximum absolute atomic E-state index is 12.7. The van der Waals surface area contributed by atoms with Crippen molar-refractivity contribution in [2.24, 2.45) is 17.8 Å². The number of aliphatic carboxylic acids is 2. The molecule has 3 fully saturated rings. The smallest absolute Gasteiger partial charge is 0.303 e. The molecule has 5 rings (SSSR count). The van der Waals surface area contributed by atoms with Crippen LogP contribution in [0.4, 0.5) is 0 Å². The van der Waals surface area contributed by atoms with Gasteiger partial charge in [-0.2, -0.15) is 12.6 Å². The van der Waals surface area contributed by atoms with Crippen LogP contribution in [0.3, 0.4) is 0 Å². The van der Waals surface area contributed by atoms with Crippen LogP contribution in [0.2, 0.25) is 0 Å². The van der Waals surface area contributed by atoms with Crippen molar-refractivity contribution in [3.63, 3.8) is 0 Å². The van der Waals surface area contributed by atoms with Crippen molar-refractivity contribution in [1.29, 1.82) is 0 Å². The standard InChI is InChI=1S/C33H42N4O6S2/c1-15-19(5-7-29(38)39)25(34-22(15)11-24-18(4)31(28-14-45-28)33(43)36-24)13-26-20(6-8-30(40)41)16(2)23(35-26)12-27-21(9-10-44)17(3)32(42)37-27/h12-13,17-18,21-22,24,34-35,44H,5-11,14H2,1-4H3,(H,36,43)(H,37,42)(H,38,39)(H,40,41)/b25-13-,27-12-,31-28+/t17-,18?,21-,22?,24-/m1/s1. The Hall–Kier alpha value is -3.38. The highest BCUT2D eigenvalue weighted by atomic mass is 32.2. The fourth-order valence-electron chi connectivity index (χ4n) is 6.89. The Morgan fingerprint density at radius 2 is 1.69 bits per heavy atom. The highest BCUT2D eigenvalue weighted by molar-refractivity contribution is 8.11. The third-order valence-corrected chi connectivity index (χ3v) is 10.7. The van der Waals surface area contributed by atoms with Crippen molar-refractivity contribution in [1.82, 2.24) is 20.9 Å². The Balaban J connectivity index is 1.49. The van der Waals surface area contributed by atoms with E-state index in [0.717, 1.165) is 62.8 Å². The summed E-state index contributed by atoms with van der Waals surface area (Å²) >= 11 is 6.10. The monoisotopic (exact) mass is 654 g/mol. The lowest BCUT2D eigenvalue weighted by Gasteiger charge is -2.21. The molecule has 5 atom stereocenters. The van der Waals surface area contributed by atoms with Gasteiger partial charge in [0, 0.05) is 81.7 Å². The third-order valence-electron chi connectivity index (χ3n) is 9.69. The highest BCUT2D eigenvalue weighted by Gasteiger charge is 2.41. The molecule has 2 amide bonds. The first-order valence-electron chi connectivity index (χ1n) is 15.5. The first-order chi connectivity index (χ1) is 21.4. The minimum Gasteiger partial charge on any atom is -0.481 e. The van der Waals surface area contributed by atoms with Gasteiger partial charge in [0.05, 0.1) is 0 Å². The van der Waals surface area contributed by atoms with Crippen molar-refractivity contribution < 1.29 is 29.4 Å². The van der Waals surface area contributed by atoms with Gasteiger partial charge >= 0.3 is 11.9 Å². The second-order valence-electron chi connectivity index (χ2n) is 12.5. The average molecular weight is 655 g/mol. The van der Waals surface area contributed by atoms with Gasteiger partial charge in [-0.05, 0) is 79.7 Å². The van der Waals surface area contributed by atoms with Gasteiger partial charge in [0.1, 0.15) is 0 Å². The first kappa shape index (κ1) is 33.0. The zero-order valence-electron chi connectivity index (χ0n) is 26.1. The van der Waals surface area contributed by atoms with Gasteiger partial charge in [0.15, 0.2) is 0 Å². The molecular formula is C33H42N4O6S2. The molecule has 242 valence electrons. The largest absolute Gasteiger partial charge is 0.481 e.